The van der Waals surface area contributed by atoms with Crippen LogP contribution in [0, 0.1) is 6.92 Å². The van der Waals surface area contributed by atoms with Gasteiger partial charge in [-0.2, -0.15) is 5.10 Å². The Morgan fingerprint density at radius 1 is 1.47 bits per heavy atom. The monoisotopic (exact) mass is 259 g/mol. The van der Waals surface area contributed by atoms with Crippen LogP contribution in [0.4, 0.5) is 0 Å². The predicted molar refractivity (Wildman–Crippen MR) is 64.6 cm³/mol. The molecule has 0 spiro atoms. The number of carboxylic acid groups (broad SMARTS) is 1. The van der Waals surface area contributed by atoms with E-state index in [-0.39, 0.29) is 17.1 Å². The van der Waals surface area contributed by atoms with Crippen LogP contribution in [0.1, 0.15) is 16.1 Å². The molecule has 19 heavy (non-hydrogen) atoms. The number of fused-ring (bicyclic) bond motifs is 1. The smallest absolute Gasteiger partial charge is 0.339 e. The van der Waals surface area contributed by atoms with Gasteiger partial charge in [-0.1, -0.05) is 0 Å². The Labute approximate surface area is 105 Å². The van der Waals surface area contributed by atoms with Crippen molar-refractivity contribution in [3.63, 3.8) is 0 Å². The van der Waals surface area contributed by atoms with Gasteiger partial charge >= 0.3 is 5.97 Å². The van der Waals surface area contributed by atoms with Crippen LogP contribution in [0.5, 0.6) is 0 Å². The van der Waals surface area contributed by atoms with E-state index in [1.54, 1.807) is 25.3 Å². The second-order valence-electron chi connectivity index (χ2n) is 3.98. The van der Waals surface area contributed by atoms with Gasteiger partial charge in [0, 0.05) is 6.20 Å². The molecule has 8 nitrogen and oxygen atoms in total. The quantitative estimate of drug-likeness (QED) is 0.684. The zero-order chi connectivity index (χ0) is 13.6. The highest BCUT2D eigenvalue weighted by Crippen LogP contribution is 2.10. The second kappa shape index (κ2) is 3.80. The van der Waals surface area contributed by atoms with E-state index < -0.39 is 5.97 Å². The Kier molecular flexibility index (Phi) is 2.24. The number of carbonyl (C=O) groups is 1. The molecular weight excluding hydrogens is 250 g/mol. The molecule has 0 fully saturated rings. The van der Waals surface area contributed by atoms with E-state index in [1.165, 1.54) is 15.4 Å². The van der Waals surface area contributed by atoms with Crippen molar-refractivity contribution < 1.29 is 9.90 Å². The number of nitrogens with zero attached hydrogens (tertiary/aromatic N) is 4. The summed E-state index contributed by atoms with van der Waals surface area (Å²) in [6.45, 7) is 1.59. The van der Waals surface area contributed by atoms with Gasteiger partial charge in [0.05, 0.1) is 11.9 Å². The molecule has 0 aliphatic rings. The fraction of sp³-hybridized carbons (Fsp3) is 0.0909. The number of carboxylic acids is 1. The Hall–Kier alpha value is -2.90. The first-order valence-electron chi connectivity index (χ1n) is 5.44. The minimum Gasteiger partial charge on any atom is -0.478 e. The summed E-state index contributed by atoms with van der Waals surface area (Å²) in [7, 11) is 0. The van der Waals surface area contributed by atoms with Gasteiger partial charge in [0.1, 0.15) is 11.1 Å². The highest BCUT2D eigenvalue weighted by molar-refractivity contribution is 5.88. The van der Waals surface area contributed by atoms with E-state index in [9.17, 15) is 9.59 Å². The molecule has 96 valence electrons. The number of aromatic carboxylic acids is 1. The molecule has 8 heteroatoms. The molecule has 3 heterocycles. The summed E-state index contributed by atoms with van der Waals surface area (Å²) < 4.78 is 2.69. The molecule has 0 aliphatic carbocycles. The molecular formula is C11H9N5O3. The van der Waals surface area contributed by atoms with Crippen LogP contribution < -0.4 is 5.56 Å². The Morgan fingerprint density at radius 2 is 2.26 bits per heavy atom. The van der Waals surface area contributed by atoms with Crippen molar-refractivity contribution in [2.45, 2.75) is 6.92 Å². The van der Waals surface area contributed by atoms with Crippen molar-refractivity contribution in [2.24, 2.45) is 0 Å². The molecule has 0 bridgehead atoms. The van der Waals surface area contributed by atoms with E-state index >= 15 is 0 Å². The lowest BCUT2D eigenvalue weighted by molar-refractivity contribution is 0.0696. The minimum atomic E-state index is -1.08. The number of aromatic amines is 1. The van der Waals surface area contributed by atoms with Crippen molar-refractivity contribution in [2.75, 3.05) is 0 Å². The highest BCUT2D eigenvalue weighted by atomic mass is 16.4. The number of hydrogen-bond acceptors (Lipinski definition) is 4. The van der Waals surface area contributed by atoms with Gasteiger partial charge in [-0.05, 0) is 19.1 Å². The third-order valence-electron chi connectivity index (χ3n) is 2.83. The lowest BCUT2D eigenvalue weighted by Gasteiger charge is -2.03. The highest BCUT2D eigenvalue weighted by Gasteiger charge is 2.15. The standard InChI is InChI=1S/C11H9N5O3/c1-6-7(10(18)19)5-12-16(6)11-13-9(17)8-3-2-4-15(8)14-11/h2-5H,1H3,(H,18,19)(H,13,14,17). The molecule has 0 saturated heterocycles. The number of H-pyrrole nitrogens is 1. The Bertz CT molecular complexity index is 842. The van der Waals surface area contributed by atoms with Crippen LogP contribution in [0.3, 0.4) is 0 Å². The zero-order valence-corrected chi connectivity index (χ0v) is 9.86. The van der Waals surface area contributed by atoms with Crippen molar-refractivity contribution >= 4 is 11.5 Å². The summed E-state index contributed by atoms with van der Waals surface area (Å²) in [6, 6.07) is 3.33. The van der Waals surface area contributed by atoms with Crippen molar-refractivity contribution in [1.82, 2.24) is 24.4 Å². The average molecular weight is 259 g/mol. The summed E-state index contributed by atoms with van der Waals surface area (Å²) in [5.74, 6) is -0.910. The van der Waals surface area contributed by atoms with E-state index in [4.69, 9.17) is 5.11 Å². The summed E-state index contributed by atoms with van der Waals surface area (Å²) >= 11 is 0. The molecule has 0 aromatic carbocycles. The van der Waals surface area contributed by atoms with Gasteiger partial charge in [0.15, 0.2) is 0 Å². The molecule has 3 aromatic heterocycles. The third kappa shape index (κ3) is 1.61. The zero-order valence-electron chi connectivity index (χ0n) is 9.86. The molecule has 0 aliphatic heterocycles. The number of aromatic nitrogens is 5. The van der Waals surface area contributed by atoms with Gasteiger partial charge in [0.2, 0.25) is 5.95 Å². The van der Waals surface area contributed by atoms with Crippen molar-refractivity contribution in [3.8, 4) is 5.95 Å². The summed E-state index contributed by atoms with van der Waals surface area (Å²) in [5.41, 5.74) is 0.547. The van der Waals surface area contributed by atoms with Crippen LogP contribution in [-0.4, -0.2) is 35.5 Å². The number of rotatable bonds is 2. The average Bonchev–Trinajstić information content (AvgIpc) is 2.94. The third-order valence-corrected chi connectivity index (χ3v) is 2.83. The molecule has 0 unspecified atom stereocenters. The predicted octanol–water partition coefficient (Wildman–Crippen LogP) is 0.215. The lowest BCUT2D eigenvalue weighted by atomic mass is 10.3. The fourth-order valence-corrected chi connectivity index (χ4v) is 1.86. The molecule has 3 rings (SSSR count). The van der Waals surface area contributed by atoms with Crippen LogP contribution in [0.15, 0.2) is 29.3 Å². The van der Waals surface area contributed by atoms with E-state index in [1.807, 2.05) is 0 Å². The molecule has 3 aromatic rings. The van der Waals surface area contributed by atoms with Crippen LogP contribution in [0.2, 0.25) is 0 Å². The summed E-state index contributed by atoms with van der Waals surface area (Å²) in [4.78, 5) is 25.3. The molecule has 2 N–H and O–H groups in total. The Morgan fingerprint density at radius 3 is 2.95 bits per heavy atom. The topological polar surface area (TPSA) is 105 Å². The first kappa shape index (κ1) is 11.2. The first-order valence-corrected chi connectivity index (χ1v) is 5.44. The van der Waals surface area contributed by atoms with E-state index in [2.05, 4.69) is 15.2 Å². The van der Waals surface area contributed by atoms with Gasteiger partial charge in [-0.15, -0.1) is 5.10 Å². The second-order valence-corrected chi connectivity index (χ2v) is 3.98. The van der Waals surface area contributed by atoms with Gasteiger partial charge in [0.25, 0.3) is 5.56 Å². The van der Waals surface area contributed by atoms with Crippen molar-refractivity contribution in [3.05, 3.63) is 46.1 Å². The maximum absolute atomic E-state index is 11.8. The van der Waals surface area contributed by atoms with Crippen molar-refractivity contribution in [1.29, 1.82) is 0 Å². The van der Waals surface area contributed by atoms with Gasteiger partial charge in [-0.3, -0.25) is 9.78 Å². The van der Waals surface area contributed by atoms with E-state index in [0.717, 1.165) is 0 Å². The maximum Gasteiger partial charge on any atom is 0.339 e. The van der Waals surface area contributed by atoms with Crippen LogP contribution >= 0.6 is 0 Å². The lowest BCUT2D eigenvalue weighted by Crippen LogP contribution is -2.18. The minimum absolute atomic E-state index is 0.0650. The van der Waals surface area contributed by atoms with Crippen LogP contribution in [0.25, 0.3) is 11.5 Å². The largest absolute Gasteiger partial charge is 0.478 e. The molecule has 0 saturated carbocycles. The molecule has 0 amide bonds. The summed E-state index contributed by atoms with van der Waals surface area (Å²) in [5, 5.41) is 17.1. The maximum atomic E-state index is 11.8. The fourth-order valence-electron chi connectivity index (χ4n) is 1.86. The Balaban J connectivity index is 2.24. The number of nitrogens with one attached hydrogen (secondary N) is 1. The van der Waals surface area contributed by atoms with Crippen LogP contribution in [-0.2, 0) is 0 Å². The SMILES string of the molecule is Cc1c(C(=O)O)cnn1-c1nn2cccc2c(=O)[nH]1. The molecule has 0 atom stereocenters. The normalized spacial score (nSPS) is 11.0. The number of hydrogen-bond donors (Lipinski definition) is 2. The first-order chi connectivity index (χ1) is 9.08. The van der Waals surface area contributed by atoms with Gasteiger partial charge < -0.3 is 5.11 Å². The van der Waals surface area contributed by atoms with Gasteiger partial charge in [-0.25, -0.2) is 14.0 Å². The summed E-state index contributed by atoms with van der Waals surface area (Å²) in [6.07, 6.45) is 2.85. The van der Waals surface area contributed by atoms with E-state index in [0.29, 0.717) is 11.2 Å². The molecule has 0 radical (unpaired) electrons.